The average Bonchev–Trinajstić information content (AvgIpc) is 2.46. The summed E-state index contributed by atoms with van der Waals surface area (Å²) in [5.74, 6) is -0.138. The molecule has 0 unspecified atom stereocenters. The molecule has 0 bridgehead atoms. The van der Waals surface area contributed by atoms with E-state index in [0.29, 0.717) is 18.4 Å². The third-order valence-electron chi connectivity index (χ3n) is 3.77. The maximum Gasteiger partial charge on any atom is 0.241 e. The molecule has 4 N–H and O–H groups in total. The summed E-state index contributed by atoms with van der Waals surface area (Å²) in [7, 11) is -3.77. The summed E-state index contributed by atoms with van der Waals surface area (Å²) in [5.41, 5.74) is 6.10. The summed E-state index contributed by atoms with van der Waals surface area (Å²) in [6, 6.07) is 5.22. The monoisotopic (exact) mass is 313 g/mol. The molecule has 7 heteroatoms. The number of sulfonamides is 1. The zero-order valence-electron chi connectivity index (χ0n) is 12.8. The van der Waals surface area contributed by atoms with Gasteiger partial charge in [0.2, 0.25) is 10.0 Å². The molecule has 1 rings (SSSR count). The van der Waals surface area contributed by atoms with Gasteiger partial charge in [-0.05, 0) is 43.9 Å². The SMILES string of the molecule is CCC(CC)(NS(=O)(=O)c1cc(C)ccc1C)/C(N)=N/O. The number of hydrogen-bond acceptors (Lipinski definition) is 4. The fourth-order valence-corrected chi connectivity index (χ4v) is 4.06. The number of nitrogens with one attached hydrogen (secondary N) is 1. The van der Waals surface area contributed by atoms with Crippen LogP contribution in [0.4, 0.5) is 0 Å². The molecule has 0 atom stereocenters. The lowest BCUT2D eigenvalue weighted by Gasteiger charge is -2.31. The van der Waals surface area contributed by atoms with Gasteiger partial charge in [-0.1, -0.05) is 31.1 Å². The molecule has 0 radical (unpaired) electrons. The van der Waals surface area contributed by atoms with Crippen LogP contribution in [0.1, 0.15) is 37.8 Å². The maximum atomic E-state index is 12.7. The zero-order chi connectivity index (χ0) is 16.3. The number of oxime groups is 1. The van der Waals surface area contributed by atoms with E-state index >= 15 is 0 Å². The standard InChI is InChI=1S/C14H23N3O3S/c1-5-14(6-2,13(15)16-18)17-21(19,20)12-9-10(3)7-8-11(12)4/h7-9,17-18H,5-6H2,1-4H3,(H2,15,16). The normalized spacial score (nSPS) is 13.4. The molecule has 0 aliphatic heterocycles. The number of aryl methyl sites for hydroxylation is 2. The molecule has 0 aliphatic rings. The number of nitrogens with zero attached hydrogens (tertiary/aromatic N) is 1. The molecule has 0 fully saturated rings. The van der Waals surface area contributed by atoms with E-state index in [1.807, 2.05) is 13.0 Å². The maximum absolute atomic E-state index is 12.7. The van der Waals surface area contributed by atoms with E-state index in [1.165, 1.54) is 0 Å². The van der Waals surface area contributed by atoms with E-state index in [0.717, 1.165) is 5.56 Å². The predicted molar refractivity (Wildman–Crippen MR) is 83.0 cm³/mol. The Bertz CT molecular complexity index is 635. The highest BCUT2D eigenvalue weighted by atomic mass is 32.2. The molecule has 0 saturated heterocycles. The number of nitrogens with two attached hydrogens (primary N) is 1. The van der Waals surface area contributed by atoms with Crippen molar-refractivity contribution in [2.24, 2.45) is 10.9 Å². The minimum absolute atomic E-state index is 0.138. The van der Waals surface area contributed by atoms with Crippen LogP contribution in [0, 0.1) is 13.8 Å². The van der Waals surface area contributed by atoms with Gasteiger partial charge in [-0.2, -0.15) is 4.72 Å². The zero-order valence-corrected chi connectivity index (χ0v) is 13.7. The topological polar surface area (TPSA) is 105 Å². The second kappa shape index (κ2) is 6.44. The van der Waals surface area contributed by atoms with Crippen molar-refractivity contribution in [2.45, 2.75) is 51.0 Å². The molecule has 6 nitrogen and oxygen atoms in total. The van der Waals surface area contributed by atoms with Gasteiger partial charge in [0.25, 0.3) is 0 Å². The van der Waals surface area contributed by atoms with E-state index in [1.54, 1.807) is 32.9 Å². The number of benzene rings is 1. The van der Waals surface area contributed by atoms with E-state index in [4.69, 9.17) is 10.9 Å². The van der Waals surface area contributed by atoms with Crippen molar-refractivity contribution >= 4 is 15.9 Å². The fourth-order valence-electron chi connectivity index (χ4n) is 2.21. The summed E-state index contributed by atoms with van der Waals surface area (Å²) in [6.07, 6.45) is 0.757. The molecule has 21 heavy (non-hydrogen) atoms. The van der Waals surface area contributed by atoms with Crippen LogP contribution in [0.2, 0.25) is 0 Å². The van der Waals surface area contributed by atoms with Gasteiger partial charge in [0.05, 0.1) is 10.4 Å². The van der Waals surface area contributed by atoms with Crippen molar-refractivity contribution in [3.05, 3.63) is 29.3 Å². The Morgan fingerprint density at radius 2 is 1.90 bits per heavy atom. The van der Waals surface area contributed by atoms with Crippen molar-refractivity contribution in [2.75, 3.05) is 0 Å². The van der Waals surface area contributed by atoms with Crippen LogP contribution in [0.3, 0.4) is 0 Å². The average molecular weight is 313 g/mol. The summed E-state index contributed by atoms with van der Waals surface area (Å²) in [5, 5.41) is 11.9. The first-order valence-corrected chi connectivity index (χ1v) is 8.30. The first-order valence-electron chi connectivity index (χ1n) is 6.81. The van der Waals surface area contributed by atoms with Gasteiger partial charge in [0.1, 0.15) is 0 Å². The second-order valence-corrected chi connectivity index (χ2v) is 6.80. The Morgan fingerprint density at radius 1 is 1.33 bits per heavy atom. The largest absolute Gasteiger partial charge is 0.409 e. The first-order chi connectivity index (χ1) is 9.72. The van der Waals surface area contributed by atoms with Crippen LogP contribution >= 0.6 is 0 Å². The highest BCUT2D eigenvalue weighted by molar-refractivity contribution is 7.89. The first kappa shape index (κ1) is 17.5. The molecule has 1 aromatic carbocycles. The van der Waals surface area contributed by atoms with Gasteiger partial charge in [0.15, 0.2) is 5.84 Å². The van der Waals surface area contributed by atoms with E-state index in [-0.39, 0.29) is 10.7 Å². The summed E-state index contributed by atoms with van der Waals surface area (Å²) in [4.78, 5) is 0.208. The summed E-state index contributed by atoms with van der Waals surface area (Å²) < 4.78 is 27.9. The van der Waals surface area contributed by atoms with Gasteiger partial charge in [-0.15, -0.1) is 0 Å². The van der Waals surface area contributed by atoms with Crippen molar-refractivity contribution in [3.8, 4) is 0 Å². The third kappa shape index (κ3) is 3.54. The van der Waals surface area contributed by atoms with Gasteiger partial charge in [-0.25, -0.2) is 8.42 Å². The molecule has 0 spiro atoms. The van der Waals surface area contributed by atoms with Crippen LogP contribution in [-0.2, 0) is 10.0 Å². The molecular formula is C14H23N3O3S. The summed E-state index contributed by atoms with van der Waals surface area (Å²) in [6.45, 7) is 7.13. The van der Waals surface area contributed by atoms with Crippen LogP contribution in [-0.4, -0.2) is 25.0 Å². The molecular weight excluding hydrogens is 290 g/mol. The Labute approximate surface area is 126 Å². The number of rotatable bonds is 6. The summed E-state index contributed by atoms with van der Waals surface area (Å²) >= 11 is 0. The van der Waals surface area contributed by atoms with Crippen LogP contribution in [0.25, 0.3) is 0 Å². The van der Waals surface area contributed by atoms with Crippen molar-refractivity contribution in [1.29, 1.82) is 0 Å². The van der Waals surface area contributed by atoms with Crippen LogP contribution in [0.15, 0.2) is 28.3 Å². The lowest BCUT2D eigenvalue weighted by atomic mass is 9.93. The van der Waals surface area contributed by atoms with Crippen molar-refractivity contribution in [3.63, 3.8) is 0 Å². The smallest absolute Gasteiger partial charge is 0.241 e. The lowest BCUT2D eigenvalue weighted by molar-refractivity contribution is 0.307. The van der Waals surface area contributed by atoms with Crippen molar-refractivity contribution in [1.82, 2.24) is 4.72 Å². The number of amidine groups is 1. The highest BCUT2D eigenvalue weighted by Crippen LogP contribution is 2.22. The van der Waals surface area contributed by atoms with Gasteiger partial charge < -0.3 is 10.9 Å². The molecule has 0 aromatic heterocycles. The molecule has 0 aliphatic carbocycles. The Kier molecular flexibility index (Phi) is 5.36. The van der Waals surface area contributed by atoms with Gasteiger partial charge in [-0.3, -0.25) is 0 Å². The van der Waals surface area contributed by atoms with Gasteiger partial charge in [0, 0.05) is 0 Å². The number of hydrogen-bond donors (Lipinski definition) is 3. The molecule has 1 aromatic rings. The van der Waals surface area contributed by atoms with E-state index in [9.17, 15) is 8.42 Å². The highest BCUT2D eigenvalue weighted by Gasteiger charge is 2.37. The molecule has 0 amide bonds. The molecule has 118 valence electrons. The Morgan fingerprint density at radius 3 is 2.38 bits per heavy atom. The Hall–Kier alpha value is -1.60. The van der Waals surface area contributed by atoms with E-state index < -0.39 is 15.6 Å². The molecule has 0 saturated carbocycles. The third-order valence-corrected chi connectivity index (χ3v) is 5.45. The quantitative estimate of drug-likeness (QED) is 0.323. The van der Waals surface area contributed by atoms with Crippen LogP contribution < -0.4 is 10.5 Å². The molecule has 0 heterocycles. The van der Waals surface area contributed by atoms with Gasteiger partial charge >= 0.3 is 0 Å². The predicted octanol–water partition coefficient (Wildman–Crippen LogP) is 1.89. The Balaban J connectivity index is 3.34. The minimum atomic E-state index is -3.77. The lowest BCUT2D eigenvalue weighted by Crippen LogP contribution is -2.56. The fraction of sp³-hybridized carbons (Fsp3) is 0.500. The van der Waals surface area contributed by atoms with Crippen molar-refractivity contribution < 1.29 is 13.6 Å². The minimum Gasteiger partial charge on any atom is -0.409 e. The van der Waals surface area contributed by atoms with E-state index in [2.05, 4.69) is 9.88 Å². The second-order valence-electron chi connectivity index (χ2n) is 5.15. The van der Waals surface area contributed by atoms with Crippen LogP contribution in [0.5, 0.6) is 0 Å².